The average molecular weight is 288 g/mol. The average Bonchev–Trinajstić information content (AvgIpc) is 2.54. The summed E-state index contributed by atoms with van der Waals surface area (Å²) in [4.78, 5) is 10.4. The summed E-state index contributed by atoms with van der Waals surface area (Å²) in [6.07, 6.45) is 6.11. The molecule has 0 fully saturated rings. The second-order valence-electron chi connectivity index (χ2n) is 4.59. The molecule has 1 N–H and O–H groups in total. The van der Waals surface area contributed by atoms with Crippen LogP contribution in [0.15, 0.2) is 30.7 Å². The van der Waals surface area contributed by atoms with E-state index in [4.69, 9.17) is 4.74 Å². The fourth-order valence-corrected chi connectivity index (χ4v) is 1.77. The first kappa shape index (κ1) is 15.1. The Bertz CT molecular complexity index is 536. The van der Waals surface area contributed by atoms with Gasteiger partial charge in [0.05, 0.1) is 12.8 Å². The molecule has 0 saturated carbocycles. The first-order valence-electron chi connectivity index (χ1n) is 6.82. The number of methoxy groups -OCH3 is 1. The number of nitrogens with zero attached hydrogens (tertiary/aromatic N) is 5. The molecule has 0 aliphatic carbocycles. The number of aromatic nitrogens is 4. The number of nitrogens with one attached hydrogen (secondary N) is 1. The smallest absolute Gasteiger partial charge is 0.247 e. The summed E-state index contributed by atoms with van der Waals surface area (Å²) in [6.45, 7) is 2.12. The van der Waals surface area contributed by atoms with Gasteiger partial charge in [0.2, 0.25) is 5.95 Å². The summed E-state index contributed by atoms with van der Waals surface area (Å²) in [6, 6.07) is 4.02. The van der Waals surface area contributed by atoms with E-state index in [0.29, 0.717) is 24.9 Å². The summed E-state index contributed by atoms with van der Waals surface area (Å²) < 4.78 is 4.99. The predicted molar refractivity (Wildman–Crippen MR) is 81.4 cm³/mol. The number of hydrogen-bond acceptors (Lipinski definition) is 7. The molecule has 2 rings (SSSR count). The van der Waals surface area contributed by atoms with Crippen molar-refractivity contribution in [2.75, 3.05) is 44.1 Å². The predicted octanol–water partition coefficient (Wildman–Crippen LogP) is 1.00. The largest absolute Gasteiger partial charge is 0.383 e. The van der Waals surface area contributed by atoms with E-state index >= 15 is 0 Å². The van der Waals surface area contributed by atoms with Crippen molar-refractivity contribution in [2.45, 2.75) is 6.42 Å². The first-order chi connectivity index (χ1) is 10.3. The minimum absolute atomic E-state index is 0.603. The van der Waals surface area contributed by atoms with Gasteiger partial charge in [-0.25, -0.2) is 0 Å². The van der Waals surface area contributed by atoms with Crippen LogP contribution in [0.2, 0.25) is 0 Å². The third-order valence-electron chi connectivity index (χ3n) is 2.99. The molecule has 0 amide bonds. The van der Waals surface area contributed by atoms with Crippen LogP contribution in [-0.4, -0.2) is 54.0 Å². The molecule has 21 heavy (non-hydrogen) atoms. The Morgan fingerprint density at radius 1 is 1.29 bits per heavy atom. The zero-order valence-electron chi connectivity index (χ0n) is 12.4. The second kappa shape index (κ2) is 8.11. The van der Waals surface area contributed by atoms with Crippen LogP contribution in [0.25, 0.3) is 0 Å². The Balaban J connectivity index is 1.89. The Hall–Kier alpha value is -2.28. The molecule has 2 aromatic rings. The summed E-state index contributed by atoms with van der Waals surface area (Å²) in [7, 11) is 3.62. The molecule has 0 bridgehead atoms. The van der Waals surface area contributed by atoms with Crippen LogP contribution in [0, 0.1) is 0 Å². The maximum atomic E-state index is 4.99. The normalized spacial score (nSPS) is 10.4. The van der Waals surface area contributed by atoms with E-state index in [1.807, 2.05) is 24.1 Å². The topological polar surface area (TPSA) is 76.1 Å². The van der Waals surface area contributed by atoms with Crippen molar-refractivity contribution in [3.05, 3.63) is 36.3 Å². The highest BCUT2D eigenvalue weighted by Crippen LogP contribution is 2.08. The maximum absolute atomic E-state index is 4.99. The quantitative estimate of drug-likeness (QED) is 0.726. The molecule has 0 aliphatic heterocycles. The lowest BCUT2D eigenvalue weighted by Crippen LogP contribution is -2.23. The van der Waals surface area contributed by atoms with Crippen LogP contribution in [0.3, 0.4) is 0 Å². The molecular formula is C14H20N6O. The van der Waals surface area contributed by atoms with Crippen LogP contribution in [0.4, 0.5) is 11.8 Å². The van der Waals surface area contributed by atoms with Crippen LogP contribution < -0.4 is 10.2 Å². The molecule has 2 aromatic heterocycles. The number of hydrogen-bond donors (Lipinski definition) is 1. The molecule has 0 saturated heterocycles. The number of likely N-dealkylation sites (N-methyl/N-ethyl adjacent to an activating group) is 1. The highest BCUT2D eigenvalue weighted by Gasteiger charge is 2.06. The van der Waals surface area contributed by atoms with Crippen LogP contribution in [0.5, 0.6) is 0 Å². The molecule has 2 heterocycles. The van der Waals surface area contributed by atoms with E-state index in [1.54, 1.807) is 25.7 Å². The molecule has 7 heteroatoms. The van der Waals surface area contributed by atoms with Gasteiger partial charge in [0.1, 0.15) is 0 Å². The first-order valence-corrected chi connectivity index (χ1v) is 6.82. The van der Waals surface area contributed by atoms with Crippen molar-refractivity contribution >= 4 is 11.8 Å². The highest BCUT2D eigenvalue weighted by atomic mass is 16.5. The molecule has 112 valence electrons. The minimum atomic E-state index is 0.603. The zero-order chi connectivity index (χ0) is 14.9. The van der Waals surface area contributed by atoms with E-state index < -0.39 is 0 Å². The van der Waals surface area contributed by atoms with E-state index in [2.05, 4.69) is 25.5 Å². The van der Waals surface area contributed by atoms with Crippen molar-refractivity contribution in [1.82, 2.24) is 20.2 Å². The minimum Gasteiger partial charge on any atom is -0.383 e. The van der Waals surface area contributed by atoms with Crippen LogP contribution >= 0.6 is 0 Å². The lowest BCUT2D eigenvalue weighted by Gasteiger charge is -2.16. The third-order valence-corrected chi connectivity index (χ3v) is 2.99. The lowest BCUT2D eigenvalue weighted by atomic mass is 10.2. The van der Waals surface area contributed by atoms with Gasteiger partial charge in [-0.2, -0.15) is 10.1 Å². The van der Waals surface area contributed by atoms with Crippen LogP contribution in [-0.2, 0) is 11.2 Å². The molecule has 0 unspecified atom stereocenters. The van der Waals surface area contributed by atoms with Crippen LogP contribution in [0.1, 0.15) is 5.56 Å². The number of pyridine rings is 1. The van der Waals surface area contributed by atoms with Gasteiger partial charge >= 0.3 is 0 Å². The molecule has 0 aliphatic rings. The Morgan fingerprint density at radius 3 is 2.86 bits per heavy atom. The van der Waals surface area contributed by atoms with E-state index in [-0.39, 0.29) is 0 Å². The van der Waals surface area contributed by atoms with Gasteiger partial charge in [0.15, 0.2) is 5.82 Å². The summed E-state index contributed by atoms with van der Waals surface area (Å²) >= 11 is 0. The number of anilines is 2. The fraction of sp³-hybridized carbons (Fsp3) is 0.429. The van der Waals surface area contributed by atoms with Gasteiger partial charge in [-0.05, 0) is 24.1 Å². The van der Waals surface area contributed by atoms with E-state index in [9.17, 15) is 0 Å². The molecule has 0 radical (unpaired) electrons. The Labute approximate surface area is 124 Å². The van der Waals surface area contributed by atoms with Crippen molar-refractivity contribution in [2.24, 2.45) is 0 Å². The maximum Gasteiger partial charge on any atom is 0.247 e. The monoisotopic (exact) mass is 288 g/mol. The third kappa shape index (κ3) is 4.96. The van der Waals surface area contributed by atoms with E-state index in [1.165, 1.54) is 5.56 Å². The van der Waals surface area contributed by atoms with Gasteiger partial charge in [0, 0.05) is 39.6 Å². The van der Waals surface area contributed by atoms with Gasteiger partial charge in [-0.1, -0.05) is 0 Å². The fourth-order valence-electron chi connectivity index (χ4n) is 1.77. The van der Waals surface area contributed by atoms with Crippen molar-refractivity contribution < 1.29 is 4.74 Å². The molecule has 0 atom stereocenters. The van der Waals surface area contributed by atoms with Gasteiger partial charge < -0.3 is 15.0 Å². The summed E-state index contributed by atoms with van der Waals surface area (Å²) in [5.74, 6) is 1.30. The molecule has 0 spiro atoms. The highest BCUT2D eigenvalue weighted by molar-refractivity contribution is 5.38. The standard InChI is InChI=1S/C14H20N6O/c1-20(9-5-12-3-6-15-7-4-12)14-18-13(11-17-19-14)16-8-10-21-2/h3-4,6-7,11H,5,8-10H2,1-2H3,(H,16,18,19). The molecule has 0 aromatic carbocycles. The second-order valence-corrected chi connectivity index (χ2v) is 4.59. The van der Waals surface area contributed by atoms with Crippen molar-refractivity contribution in [3.8, 4) is 0 Å². The summed E-state index contributed by atoms with van der Waals surface area (Å²) in [5.41, 5.74) is 1.24. The number of ether oxygens (including phenoxy) is 1. The number of rotatable bonds is 8. The Kier molecular flexibility index (Phi) is 5.83. The summed E-state index contributed by atoms with van der Waals surface area (Å²) in [5, 5.41) is 11.2. The zero-order valence-corrected chi connectivity index (χ0v) is 12.4. The van der Waals surface area contributed by atoms with Crippen molar-refractivity contribution in [1.29, 1.82) is 0 Å². The van der Waals surface area contributed by atoms with Gasteiger partial charge in [-0.3, -0.25) is 4.98 Å². The van der Waals surface area contributed by atoms with E-state index in [0.717, 1.165) is 13.0 Å². The Morgan fingerprint density at radius 2 is 2.10 bits per heavy atom. The lowest BCUT2D eigenvalue weighted by molar-refractivity contribution is 0.210. The molecule has 7 nitrogen and oxygen atoms in total. The van der Waals surface area contributed by atoms with Gasteiger partial charge in [-0.15, -0.1) is 5.10 Å². The molecular weight excluding hydrogens is 268 g/mol. The van der Waals surface area contributed by atoms with Crippen molar-refractivity contribution in [3.63, 3.8) is 0 Å². The SMILES string of the molecule is COCCNc1cnnc(N(C)CCc2ccncc2)n1. The van der Waals surface area contributed by atoms with Gasteiger partial charge in [0.25, 0.3) is 0 Å².